The molecule has 0 spiro atoms. The lowest BCUT2D eigenvalue weighted by Crippen LogP contribution is -2.45. The number of nitrogens with one attached hydrogen (secondary N) is 2. The van der Waals surface area contributed by atoms with Crippen molar-refractivity contribution in [1.29, 1.82) is 0 Å². The first-order chi connectivity index (χ1) is 15.1. The molecule has 1 unspecified atom stereocenters. The molecule has 1 aromatic carbocycles. The molecule has 0 fully saturated rings. The molecule has 0 heterocycles. The van der Waals surface area contributed by atoms with E-state index >= 15 is 0 Å². The minimum absolute atomic E-state index is 0.0603. The summed E-state index contributed by atoms with van der Waals surface area (Å²) in [4.78, 5) is 49.3. The Morgan fingerprint density at radius 1 is 0.969 bits per heavy atom. The van der Waals surface area contributed by atoms with E-state index in [4.69, 9.17) is 9.47 Å². The lowest BCUT2D eigenvalue weighted by atomic mass is 10.0. The molecule has 32 heavy (non-hydrogen) atoms. The molecule has 0 aliphatic heterocycles. The maximum atomic E-state index is 12.7. The molecule has 0 aliphatic carbocycles. The number of Topliss-reactive ketones (excluding diaryl/α,β-unsaturated/α-hetero) is 1. The molecule has 2 atom stereocenters. The van der Waals surface area contributed by atoms with Crippen LogP contribution in [0.2, 0.25) is 0 Å². The smallest absolute Gasteiger partial charge is 0.408 e. The molecule has 0 radical (unpaired) electrons. The number of benzene rings is 1. The van der Waals surface area contributed by atoms with Crippen molar-refractivity contribution in [3.8, 4) is 0 Å². The third-order valence-electron chi connectivity index (χ3n) is 4.63. The normalized spacial score (nSPS) is 12.9. The molecule has 0 aromatic heterocycles. The van der Waals surface area contributed by atoms with Gasteiger partial charge >= 0.3 is 12.1 Å². The quantitative estimate of drug-likeness (QED) is 0.475. The van der Waals surface area contributed by atoms with Gasteiger partial charge in [-0.15, -0.1) is 0 Å². The molecule has 178 valence electrons. The number of hydrogen-bond acceptors (Lipinski definition) is 6. The lowest BCUT2D eigenvalue weighted by molar-refractivity contribution is -0.145. The van der Waals surface area contributed by atoms with Crippen LogP contribution in [0.1, 0.15) is 65.4 Å². The van der Waals surface area contributed by atoms with Crippen LogP contribution in [-0.2, 0) is 30.3 Å². The van der Waals surface area contributed by atoms with Gasteiger partial charge in [-0.3, -0.25) is 9.59 Å². The highest BCUT2D eigenvalue weighted by atomic mass is 16.6. The first-order valence-corrected chi connectivity index (χ1v) is 11.0. The van der Waals surface area contributed by atoms with Crippen LogP contribution in [0.25, 0.3) is 0 Å². The fourth-order valence-corrected chi connectivity index (χ4v) is 3.03. The molecule has 2 N–H and O–H groups in total. The molecular formula is C24H36N2O6. The molecule has 0 saturated carbocycles. The van der Waals surface area contributed by atoms with Crippen molar-refractivity contribution < 1.29 is 28.7 Å². The standard InChI is InChI=1S/C24H36N2O6/c1-6-7-13-18(26-23(30)32-24(2,3)4)20(27)14-15-21(28)25-19(22(29)31-5)16-17-11-9-8-10-12-17/h8-12,18-19H,6-7,13-16H2,1-5H3,(H,25,28)(H,26,30)/t18-,19?/m0/s1. The summed E-state index contributed by atoms with van der Waals surface area (Å²) in [6, 6.07) is 7.69. The number of rotatable bonds is 12. The van der Waals surface area contributed by atoms with Crippen molar-refractivity contribution in [1.82, 2.24) is 10.6 Å². The Morgan fingerprint density at radius 2 is 1.62 bits per heavy atom. The second-order valence-corrected chi connectivity index (χ2v) is 8.64. The van der Waals surface area contributed by atoms with E-state index in [-0.39, 0.29) is 25.0 Å². The number of carbonyl (C=O) groups excluding carboxylic acids is 4. The van der Waals surface area contributed by atoms with Gasteiger partial charge in [-0.25, -0.2) is 9.59 Å². The van der Waals surface area contributed by atoms with Crippen LogP contribution in [0.15, 0.2) is 30.3 Å². The van der Waals surface area contributed by atoms with Crippen LogP contribution >= 0.6 is 0 Å². The second kappa shape index (κ2) is 13.5. The Morgan fingerprint density at radius 3 is 2.19 bits per heavy atom. The van der Waals surface area contributed by atoms with Crippen LogP contribution in [0.3, 0.4) is 0 Å². The topological polar surface area (TPSA) is 111 Å². The highest BCUT2D eigenvalue weighted by Gasteiger charge is 2.26. The number of esters is 1. The minimum atomic E-state index is -0.847. The van der Waals surface area contributed by atoms with E-state index in [0.29, 0.717) is 6.42 Å². The molecule has 0 bridgehead atoms. The number of carbonyl (C=O) groups is 4. The van der Waals surface area contributed by atoms with Gasteiger partial charge in [0, 0.05) is 19.3 Å². The molecule has 1 aromatic rings. The van der Waals surface area contributed by atoms with E-state index in [1.807, 2.05) is 37.3 Å². The van der Waals surface area contributed by atoms with Crippen LogP contribution in [-0.4, -0.2) is 48.5 Å². The van der Waals surface area contributed by atoms with E-state index in [9.17, 15) is 19.2 Å². The Kier molecular flexibility index (Phi) is 11.4. The van der Waals surface area contributed by atoms with Gasteiger partial charge in [0.25, 0.3) is 0 Å². The van der Waals surface area contributed by atoms with E-state index in [2.05, 4.69) is 10.6 Å². The minimum Gasteiger partial charge on any atom is -0.467 e. The second-order valence-electron chi connectivity index (χ2n) is 8.64. The summed E-state index contributed by atoms with van der Waals surface area (Å²) in [5.74, 6) is -1.24. The summed E-state index contributed by atoms with van der Waals surface area (Å²) in [5, 5.41) is 5.26. The Labute approximate surface area is 190 Å². The van der Waals surface area contributed by atoms with Crippen LogP contribution in [0.4, 0.5) is 4.79 Å². The van der Waals surface area contributed by atoms with Gasteiger partial charge in [0.15, 0.2) is 5.78 Å². The molecule has 0 aliphatic rings. The number of methoxy groups -OCH3 is 1. The van der Waals surface area contributed by atoms with Gasteiger partial charge in [0.05, 0.1) is 13.2 Å². The summed E-state index contributed by atoms with van der Waals surface area (Å²) < 4.78 is 10.0. The van der Waals surface area contributed by atoms with Crippen molar-refractivity contribution in [2.24, 2.45) is 0 Å². The monoisotopic (exact) mass is 448 g/mol. The fraction of sp³-hybridized carbons (Fsp3) is 0.583. The maximum Gasteiger partial charge on any atom is 0.408 e. The summed E-state index contributed by atoms with van der Waals surface area (Å²) in [7, 11) is 1.26. The van der Waals surface area contributed by atoms with E-state index in [0.717, 1.165) is 18.4 Å². The van der Waals surface area contributed by atoms with Crippen molar-refractivity contribution in [2.45, 2.75) is 83.9 Å². The Bertz CT molecular complexity index is 758. The van der Waals surface area contributed by atoms with Crippen LogP contribution < -0.4 is 10.6 Å². The van der Waals surface area contributed by atoms with Gasteiger partial charge in [0.2, 0.25) is 5.91 Å². The van der Waals surface area contributed by atoms with Crippen molar-refractivity contribution >= 4 is 23.8 Å². The first kappa shape index (κ1) is 27.1. The predicted molar refractivity (Wildman–Crippen MR) is 121 cm³/mol. The highest BCUT2D eigenvalue weighted by Crippen LogP contribution is 2.11. The zero-order valence-corrected chi connectivity index (χ0v) is 19.7. The SMILES string of the molecule is CCCC[C@H](NC(=O)OC(C)(C)C)C(=O)CCC(=O)NC(Cc1ccccc1)C(=O)OC. The molecule has 1 rings (SSSR count). The lowest BCUT2D eigenvalue weighted by Gasteiger charge is -2.23. The fourth-order valence-electron chi connectivity index (χ4n) is 3.03. The van der Waals surface area contributed by atoms with Crippen molar-refractivity contribution in [2.75, 3.05) is 7.11 Å². The molecule has 8 heteroatoms. The third kappa shape index (κ3) is 10.9. The average Bonchev–Trinajstić information content (AvgIpc) is 2.73. The van der Waals surface area contributed by atoms with Gasteiger partial charge in [0.1, 0.15) is 11.6 Å². The average molecular weight is 449 g/mol. The number of ketones is 1. The summed E-state index contributed by atoms with van der Waals surface area (Å²) in [6.45, 7) is 7.22. The Balaban J connectivity index is 2.67. The number of hydrogen-bond donors (Lipinski definition) is 2. The zero-order valence-electron chi connectivity index (χ0n) is 19.7. The number of alkyl carbamates (subject to hydrolysis) is 1. The summed E-state index contributed by atoms with van der Waals surface area (Å²) >= 11 is 0. The number of ether oxygens (including phenoxy) is 2. The first-order valence-electron chi connectivity index (χ1n) is 11.0. The van der Waals surface area contributed by atoms with Crippen molar-refractivity contribution in [3.63, 3.8) is 0 Å². The maximum absolute atomic E-state index is 12.7. The molecule has 0 saturated heterocycles. The van der Waals surface area contributed by atoms with Gasteiger partial charge in [-0.1, -0.05) is 50.1 Å². The Hall–Kier alpha value is -2.90. The van der Waals surface area contributed by atoms with E-state index < -0.39 is 35.7 Å². The third-order valence-corrected chi connectivity index (χ3v) is 4.63. The largest absolute Gasteiger partial charge is 0.467 e. The van der Waals surface area contributed by atoms with Gasteiger partial charge in [-0.2, -0.15) is 0 Å². The zero-order chi connectivity index (χ0) is 24.1. The number of unbranched alkanes of at least 4 members (excludes halogenated alkanes) is 1. The van der Waals surface area contributed by atoms with Crippen molar-refractivity contribution in [3.05, 3.63) is 35.9 Å². The molecule has 8 nitrogen and oxygen atoms in total. The van der Waals surface area contributed by atoms with E-state index in [1.165, 1.54) is 7.11 Å². The molecular weight excluding hydrogens is 412 g/mol. The summed E-state index contributed by atoms with van der Waals surface area (Å²) in [5.41, 5.74) is 0.199. The van der Waals surface area contributed by atoms with Gasteiger partial charge < -0.3 is 20.1 Å². The highest BCUT2D eigenvalue weighted by molar-refractivity contribution is 5.91. The predicted octanol–water partition coefficient (Wildman–Crippen LogP) is 3.32. The van der Waals surface area contributed by atoms with Crippen LogP contribution in [0.5, 0.6) is 0 Å². The van der Waals surface area contributed by atoms with Crippen LogP contribution in [0, 0.1) is 0 Å². The summed E-state index contributed by atoms with van der Waals surface area (Å²) in [6.07, 6.45) is 1.54. The van der Waals surface area contributed by atoms with E-state index in [1.54, 1.807) is 20.8 Å². The number of amides is 2. The molecule has 2 amide bonds. The van der Waals surface area contributed by atoms with Gasteiger partial charge in [-0.05, 0) is 32.8 Å².